The fourth-order valence-corrected chi connectivity index (χ4v) is 1.26. The molecule has 14 heavy (non-hydrogen) atoms. The van der Waals surface area contributed by atoms with Crippen LogP contribution in [0.25, 0.3) is 0 Å². The van der Waals surface area contributed by atoms with Crippen LogP contribution in [0.5, 0.6) is 0 Å². The molecule has 0 bridgehead atoms. The molecule has 1 rings (SSSR count). The Kier molecular flexibility index (Phi) is 2.92. The highest BCUT2D eigenvalue weighted by Gasteiger charge is 1.96. The molecular formula is C10H9FO2S. The number of halogens is 1. The van der Waals surface area contributed by atoms with Crippen molar-refractivity contribution in [1.29, 1.82) is 0 Å². The van der Waals surface area contributed by atoms with Crippen LogP contribution in [0.15, 0.2) is 18.2 Å². The van der Waals surface area contributed by atoms with Crippen LogP contribution < -0.4 is 0 Å². The number of hydrogen-bond donors (Lipinski definition) is 0. The minimum Gasteiger partial charge on any atom is -0.216 e. The van der Waals surface area contributed by atoms with E-state index in [1.165, 1.54) is 12.1 Å². The minimum atomic E-state index is -3.33. The highest BCUT2D eigenvalue weighted by atomic mass is 32.2. The fourth-order valence-electron chi connectivity index (χ4n) is 0.960. The van der Waals surface area contributed by atoms with Gasteiger partial charge in [-0.25, -0.2) is 12.8 Å². The molecule has 0 unspecified atom stereocenters. The van der Waals surface area contributed by atoms with Crippen molar-refractivity contribution in [3.8, 4) is 11.2 Å². The van der Waals surface area contributed by atoms with Gasteiger partial charge in [-0.2, -0.15) is 0 Å². The van der Waals surface area contributed by atoms with Crippen molar-refractivity contribution in [1.82, 2.24) is 0 Å². The first kappa shape index (κ1) is 10.7. The summed E-state index contributed by atoms with van der Waals surface area (Å²) >= 11 is 0. The zero-order chi connectivity index (χ0) is 10.8. The fraction of sp³-hybridized carbons (Fsp3) is 0.200. The number of rotatable bonds is 0. The van der Waals surface area contributed by atoms with Gasteiger partial charge in [-0.1, -0.05) is 0 Å². The van der Waals surface area contributed by atoms with Gasteiger partial charge in [0.2, 0.25) is 9.84 Å². The maximum Gasteiger partial charge on any atom is 0.214 e. The number of benzene rings is 1. The lowest BCUT2D eigenvalue weighted by Crippen LogP contribution is -1.89. The van der Waals surface area contributed by atoms with Crippen molar-refractivity contribution in [2.75, 3.05) is 6.26 Å². The second kappa shape index (κ2) is 3.81. The Labute approximate surface area is 82.7 Å². The van der Waals surface area contributed by atoms with Gasteiger partial charge in [0, 0.05) is 10.8 Å². The molecule has 0 aromatic heterocycles. The van der Waals surface area contributed by atoms with Crippen LogP contribution in [0, 0.1) is 23.9 Å². The van der Waals surface area contributed by atoms with E-state index in [2.05, 4.69) is 5.92 Å². The Morgan fingerprint density at radius 3 is 2.43 bits per heavy atom. The van der Waals surface area contributed by atoms with Crippen molar-refractivity contribution in [3.63, 3.8) is 0 Å². The third-order valence-electron chi connectivity index (χ3n) is 1.42. The lowest BCUT2D eigenvalue weighted by atomic mass is 10.1. The highest BCUT2D eigenvalue weighted by Crippen LogP contribution is 2.06. The van der Waals surface area contributed by atoms with Gasteiger partial charge < -0.3 is 0 Å². The van der Waals surface area contributed by atoms with Crippen LogP contribution in [0.1, 0.15) is 11.1 Å². The van der Waals surface area contributed by atoms with Crippen molar-refractivity contribution in [2.24, 2.45) is 0 Å². The van der Waals surface area contributed by atoms with Crippen LogP contribution in [0.2, 0.25) is 0 Å². The van der Waals surface area contributed by atoms with E-state index in [-0.39, 0.29) is 0 Å². The summed E-state index contributed by atoms with van der Waals surface area (Å²) in [6, 6.07) is 4.18. The second-order valence-corrected chi connectivity index (χ2v) is 4.76. The normalized spacial score (nSPS) is 10.5. The van der Waals surface area contributed by atoms with Crippen LogP contribution in [0.3, 0.4) is 0 Å². The summed E-state index contributed by atoms with van der Waals surface area (Å²) in [5.74, 6) is 1.97. The summed E-state index contributed by atoms with van der Waals surface area (Å²) in [6.07, 6.45) is 1.01. The molecule has 1 aromatic carbocycles. The molecule has 0 fully saturated rings. The van der Waals surface area contributed by atoms with E-state index in [0.29, 0.717) is 11.1 Å². The Balaban J connectivity index is 3.14. The minimum absolute atomic E-state index is 0.368. The highest BCUT2D eigenvalue weighted by molar-refractivity contribution is 7.95. The van der Waals surface area contributed by atoms with E-state index in [1.807, 2.05) is 5.25 Å². The van der Waals surface area contributed by atoms with Gasteiger partial charge in [-0.05, 0) is 36.6 Å². The standard InChI is InChI=1S/C10H9FO2S/c1-8-5-9(7-10(11)6-8)3-4-14(2,12)13/h5-7H,1-2H3. The van der Waals surface area contributed by atoms with Crippen molar-refractivity contribution < 1.29 is 12.8 Å². The monoisotopic (exact) mass is 212 g/mol. The van der Waals surface area contributed by atoms with Gasteiger partial charge in [0.15, 0.2) is 0 Å². The molecule has 0 spiro atoms. The average molecular weight is 212 g/mol. The zero-order valence-electron chi connectivity index (χ0n) is 7.83. The van der Waals surface area contributed by atoms with Gasteiger partial charge in [-0.3, -0.25) is 0 Å². The molecule has 0 aliphatic rings. The summed E-state index contributed by atoms with van der Waals surface area (Å²) < 4.78 is 34.2. The van der Waals surface area contributed by atoms with Crippen molar-refractivity contribution in [2.45, 2.75) is 6.92 Å². The summed E-state index contributed by atoms with van der Waals surface area (Å²) in [5, 5.41) is 2.05. The lowest BCUT2D eigenvalue weighted by Gasteiger charge is -1.94. The molecule has 0 amide bonds. The molecule has 0 radical (unpaired) electrons. The second-order valence-electron chi connectivity index (χ2n) is 3.02. The van der Waals surface area contributed by atoms with E-state index >= 15 is 0 Å². The zero-order valence-corrected chi connectivity index (χ0v) is 8.65. The maximum absolute atomic E-state index is 12.8. The summed E-state index contributed by atoms with van der Waals surface area (Å²) in [4.78, 5) is 0. The maximum atomic E-state index is 12.8. The van der Waals surface area contributed by atoms with E-state index in [1.54, 1.807) is 13.0 Å². The van der Waals surface area contributed by atoms with E-state index in [9.17, 15) is 12.8 Å². The summed E-state index contributed by atoms with van der Waals surface area (Å²) in [7, 11) is -3.33. The molecule has 0 heterocycles. The van der Waals surface area contributed by atoms with Gasteiger partial charge in [0.05, 0.1) is 6.26 Å². The van der Waals surface area contributed by atoms with E-state index in [4.69, 9.17) is 0 Å². The molecule has 0 aliphatic carbocycles. The third-order valence-corrected chi connectivity index (χ3v) is 1.90. The summed E-state index contributed by atoms with van der Waals surface area (Å²) in [5.41, 5.74) is 1.08. The lowest BCUT2D eigenvalue weighted by molar-refractivity contribution is 0.611. The quantitative estimate of drug-likeness (QED) is 0.610. The topological polar surface area (TPSA) is 34.1 Å². The van der Waals surface area contributed by atoms with Crippen LogP contribution >= 0.6 is 0 Å². The first-order valence-electron chi connectivity index (χ1n) is 3.87. The predicted molar refractivity (Wildman–Crippen MR) is 52.9 cm³/mol. The number of aryl methyl sites for hydroxylation is 1. The Bertz CT molecular complexity index is 486. The average Bonchev–Trinajstić information content (AvgIpc) is 1.97. The Morgan fingerprint density at radius 2 is 1.93 bits per heavy atom. The van der Waals surface area contributed by atoms with E-state index in [0.717, 1.165) is 6.26 Å². The largest absolute Gasteiger partial charge is 0.216 e. The Hall–Kier alpha value is -1.34. The van der Waals surface area contributed by atoms with Crippen molar-refractivity contribution >= 4 is 9.84 Å². The molecule has 0 saturated heterocycles. The molecule has 0 N–H and O–H groups in total. The van der Waals surface area contributed by atoms with Gasteiger partial charge in [-0.15, -0.1) is 0 Å². The van der Waals surface area contributed by atoms with Crippen molar-refractivity contribution in [3.05, 3.63) is 35.1 Å². The molecule has 4 heteroatoms. The smallest absolute Gasteiger partial charge is 0.214 e. The van der Waals surface area contributed by atoms with Crippen LogP contribution in [0.4, 0.5) is 4.39 Å². The number of sulfone groups is 1. The third kappa shape index (κ3) is 3.58. The van der Waals surface area contributed by atoms with Crippen LogP contribution in [-0.4, -0.2) is 14.7 Å². The Morgan fingerprint density at radius 1 is 1.29 bits per heavy atom. The first-order valence-corrected chi connectivity index (χ1v) is 5.76. The first-order chi connectivity index (χ1) is 6.37. The molecule has 74 valence electrons. The van der Waals surface area contributed by atoms with Gasteiger partial charge in [0.1, 0.15) is 5.82 Å². The van der Waals surface area contributed by atoms with Gasteiger partial charge >= 0.3 is 0 Å². The molecule has 0 saturated carbocycles. The molecule has 1 aromatic rings. The summed E-state index contributed by atoms with van der Waals surface area (Å²) in [6.45, 7) is 1.72. The van der Waals surface area contributed by atoms with Gasteiger partial charge in [0.25, 0.3) is 0 Å². The molecular weight excluding hydrogens is 203 g/mol. The molecule has 0 aliphatic heterocycles. The van der Waals surface area contributed by atoms with E-state index < -0.39 is 15.7 Å². The predicted octanol–water partition coefficient (Wildman–Crippen LogP) is 1.49. The SMILES string of the molecule is Cc1cc(F)cc(C#CS(C)(=O)=O)c1. The van der Waals surface area contributed by atoms with Crippen LogP contribution in [-0.2, 0) is 9.84 Å². The molecule has 2 nitrogen and oxygen atoms in total. The number of hydrogen-bond acceptors (Lipinski definition) is 2. The molecule has 0 atom stereocenters.